The molecule has 0 aromatic heterocycles. The first kappa shape index (κ1) is 18.5. The molecule has 3 N–H and O–H groups in total. The Morgan fingerprint density at radius 3 is 2.64 bits per heavy atom. The van der Waals surface area contributed by atoms with E-state index >= 15 is 0 Å². The first-order valence-electron chi connectivity index (χ1n) is 7.35. The zero-order chi connectivity index (χ0) is 16.6. The fourth-order valence-electron chi connectivity index (χ4n) is 1.71. The van der Waals surface area contributed by atoms with Gasteiger partial charge in [-0.3, -0.25) is 0 Å². The smallest absolute Gasteiger partial charge is 0.191 e. The summed E-state index contributed by atoms with van der Waals surface area (Å²) in [6.45, 7) is 8.54. The van der Waals surface area contributed by atoms with Gasteiger partial charge in [0.25, 0.3) is 0 Å². The van der Waals surface area contributed by atoms with Crippen LogP contribution in [0.25, 0.3) is 0 Å². The number of guanidine groups is 1. The molecule has 0 aliphatic heterocycles. The van der Waals surface area contributed by atoms with Crippen molar-refractivity contribution in [3.63, 3.8) is 0 Å². The van der Waals surface area contributed by atoms with Gasteiger partial charge in [0.05, 0.1) is 13.7 Å². The third kappa shape index (κ3) is 6.05. The molecule has 0 atom stereocenters. The van der Waals surface area contributed by atoms with Crippen LogP contribution in [-0.2, 0) is 6.54 Å². The Morgan fingerprint density at radius 1 is 1.36 bits per heavy atom. The van der Waals surface area contributed by atoms with Crippen LogP contribution in [0.1, 0.15) is 26.3 Å². The van der Waals surface area contributed by atoms with E-state index in [-0.39, 0.29) is 10.5 Å². The molecule has 1 rings (SSSR count). The number of hydrogen-bond acceptors (Lipinski definition) is 4. The van der Waals surface area contributed by atoms with Gasteiger partial charge in [-0.05, 0) is 44.7 Å². The number of hydrogen-bond donors (Lipinski definition) is 3. The molecule has 0 unspecified atom stereocenters. The molecular weight excluding hydrogens is 298 g/mol. The Balaban J connectivity index is 2.71. The number of ether oxygens (including phenoxy) is 1. The van der Waals surface area contributed by atoms with Crippen LogP contribution in [0, 0.1) is 0 Å². The van der Waals surface area contributed by atoms with Crippen LogP contribution < -0.4 is 15.4 Å². The molecule has 0 saturated heterocycles. The van der Waals surface area contributed by atoms with E-state index in [1.165, 1.54) is 7.11 Å². The standard InChI is InChI=1S/C16H27N3O2S/c1-6-17-15(19-11-16(2,3)22-5)18-10-12-7-8-14(21-4)13(20)9-12/h7-9,20H,6,10-11H2,1-5H3,(H2,17,18,19). The number of aliphatic imine (C=N–C) groups is 1. The fourth-order valence-corrected chi connectivity index (χ4v) is 1.93. The van der Waals surface area contributed by atoms with Crippen molar-refractivity contribution >= 4 is 17.7 Å². The molecular formula is C16H27N3O2S. The second-order valence-corrected chi connectivity index (χ2v) is 7.03. The molecule has 0 aliphatic carbocycles. The summed E-state index contributed by atoms with van der Waals surface area (Å²) >= 11 is 1.82. The molecule has 0 aliphatic rings. The summed E-state index contributed by atoms with van der Waals surface area (Å²) in [6, 6.07) is 5.33. The van der Waals surface area contributed by atoms with Crippen LogP contribution >= 0.6 is 11.8 Å². The SMILES string of the molecule is CCNC(=NCc1ccc(OC)c(O)c1)NCC(C)(C)SC. The lowest BCUT2D eigenvalue weighted by Gasteiger charge is -2.23. The maximum Gasteiger partial charge on any atom is 0.191 e. The summed E-state index contributed by atoms with van der Waals surface area (Å²) in [5, 5.41) is 16.4. The highest BCUT2D eigenvalue weighted by molar-refractivity contribution is 7.99. The quantitative estimate of drug-likeness (QED) is 0.531. The number of aromatic hydroxyl groups is 1. The number of phenolic OH excluding ortho intramolecular Hbond substituents is 1. The number of nitrogens with zero attached hydrogens (tertiary/aromatic N) is 1. The molecule has 0 heterocycles. The maximum absolute atomic E-state index is 9.79. The van der Waals surface area contributed by atoms with Gasteiger partial charge < -0.3 is 20.5 Å². The third-order valence-corrected chi connectivity index (χ3v) is 4.49. The van der Waals surface area contributed by atoms with Gasteiger partial charge in [0.2, 0.25) is 0 Å². The van der Waals surface area contributed by atoms with Crippen LogP contribution in [0.5, 0.6) is 11.5 Å². The Morgan fingerprint density at radius 2 is 2.09 bits per heavy atom. The Labute approximate surface area is 137 Å². The number of rotatable bonds is 7. The van der Waals surface area contributed by atoms with Crippen LogP contribution in [-0.4, -0.2) is 42.3 Å². The van der Waals surface area contributed by atoms with Gasteiger partial charge in [0, 0.05) is 17.8 Å². The van der Waals surface area contributed by atoms with Gasteiger partial charge in [0.15, 0.2) is 17.5 Å². The van der Waals surface area contributed by atoms with Gasteiger partial charge >= 0.3 is 0 Å². The number of phenols is 1. The summed E-state index contributed by atoms with van der Waals surface area (Å²) in [5.74, 6) is 1.39. The van der Waals surface area contributed by atoms with E-state index in [4.69, 9.17) is 4.74 Å². The number of thioether (sulfide) groups is 1. The van der Waals surface area contributed by atoms with Crippen LogP contribution in [0.3, 0.4) is 0 Å². The van der Waals surface area contributed by atoms with Gasteiger partial charge in [-0.2, -0.15) is 11.8 Å². The largest absolute Gasteiger partial charge is 0.504 e. The Bertz CT molecular complexity index is 504. The average molecular weight is 325 g/mol. The lowest BCUT2D eigenvalue weighted by atomic mass is 10.2. The lowest BCUT2D eigenvalue weighted by Crippen LogP contribution is -2.43. The molecule has 0 spiro atoms. The highest BCUT2D eigenvalue weighted by Crippen LogP contribution is 2.26. The van der Waals surface area contributed by atoms with Gasteiger partial charge in [0.1, 0.15) is 0 Å². The maximum atomic E-state index is 9.79. The summed E-state index contributed by atoms with van der Waals surface area (Å²) in [6.07, 6.45) is 2.10. The Kier molecular flexibility index (Phi) is 7.38. The predicted molar refractivity (Wildman–Crippen MR) is 95.1 cm³/mol. The van der Waals surface area contributed by atoms with E-state index in [2.05, 4.69) is 35.7 Å². The van der Waals surface area contributed by atoms with E-state index in [0.717, 1.165) is 24.6 Å². The van der Waals surface area contributed by atoms with Crippen molar-refractivity contribution in [2.75, 3.05) is 26.5 Å². The number of methoxy groups -OCH3 is 1. The van der Waals surface area contributed by atoms with E-state index < -0.39 is 0 Å². The van der Waals surface area contributed by atoms with Crippen molar-refractivity contribution < 1.29 is 9.84 Å². The number of benzene rings is 1. The molecule has 1 aromatic carbocycles. The van der Waals surface area contributed by atoms with Gasteiger partial charge in [-0.1, -0.05) is 6.07 Å². The van der Waals surface area contributed by atoms with Crippen LogP contribution in [0.15, 0.2) is 23.2 Å². The third-order valence-electron chi connectivity index (χ3n) is 3.24. The van der Waals surface area contributed by atoms with Crippen molar-refractivity contribution in [3.05, 3.63) is 23.8 Å². The minimum absolute atomic E-state index is 0.136. The van der Waals surface area contributed by atoms with E-state index in [9.17, 15) is 5.11 Å². The molecule has 0 amide bonds. The first-order chi connectivity index (χ1) is 10.4. The predicted octanol–water partition coefficient (Wildman–Crippen LogP) is 2.60. The second kappa shape index (κ2) is 8.78. The molecule has 0 fully saturated rings. The van der Waals surface area contributed by atoms with Crippen molar-refractivity contribution in [2.45, 2.75) is 32.1 Å². The van der Waals surface area contributed by atoms with E-state index in [1.807, 2.05) is 24.8 Å². The summed E-state index contributed by atoms with van der Waals surface area (Å²) < 4.78 is 5.19. The second-order valence-electron chi connectivity index (χ2n) is 5.52. The molecule has 5 nitrogen and oxygen atoms in total. The molecule has 22 heavy (non-hydrogen) atoms. The van der Waals surface area contributed by atoms with Crippen LogP contribution in [0.4, 0.5) is 0 Å². The normalized spacial score (nSPS) is 12.1. The van der Waals surface area contributed by atoms with Gasteiger partial charge in [-0.25, -0.2) is 4.99 Å². The van der Waals surface area contributed by atoms with Gasteiger partial charge in [-0.15, -0.1) is 0 Å². The zero-order valence-corrected chi connectivity index (χ0v) is 14.9. The highest BCUT2D eigenvalue weighted by Gasteiger charge is 2.16. The molecule has 0 saturated carbocycles. The van der Waals surface area contributed by atoms with Crippen LogP contribution in [0.2, 0.25) is 0 Å². The minimum atomic E-state index is 0.136. The molecule has 124 valence electrons. The van der Waals surface area contributed by atoms with Crippen molar-refractivity contribution in [1.82, 2.24) is 10.6 Å². The van der Waals surface area contributed by atoms with Crippen molar-refractivity contribution in [2.24, 2.45) is 4.99 Å². The monoisotopic (exact) mass is 325 g/mol. The summed E-state index contributed by atoms with van der Waals surface area (Å²) in [7, 11) is 1.54. The minimum Gasteiger partial charge on any atom is -0.504 e. The zero-order valence-electron chi connectivity index (χ0n) is 14.1. The van der Waals surface area contributed by atoms with E-state index in [1.54, 1.807) is 12.1 Å². The summed E-state index contributed by atoms with van der Waals surface area (Å²) in [5.41, 5.74) is 0.930. The average Bonchev–Trinajstić information content (AvgIpc) is 2.50. The van der Waals surface area contributed by atoms with Crippen molar-refractivity contribution in [1.29, 1.82) is 0 Å². The fraction of sp³-hybridized carbons (Fsp3) is 0.562. The Hall–Kier alpha value is -1.56. The molecule has 6 heteroatoms. The number of nitrogens with one attached hydrogen (secondary N) is 2. The summed E-state index contributed by atoms with van der Waals surface area (Å²) in [4.78, 5) is 4.55. The topological polar surface area (TPSA) is 65.9 Å². The first-order valence-corrected chi connectivity index (χ1v) is 8.57. The van der Waals surface area contributed by atoms with Crippen molar-refractivity contribution in [3.8, 4) is 11.5 Å². The highest BCUT2D eigenvalue weighted by atomic mass is 32.2. The molecule has 0 bridgehead atoms. The molecule has 0 radical (unpaired) electrons. The lowest BCUT2D eigenvalue weighted by molar-refractivity contribution is 0.373. The molecule has 1 aromatic rings. The van der Waals surface area contributed by atoms with E-state index in [0.29, 0.717) is 12.3 Å².